The van der Waals surface area contributed by atoms with Crippen LogP contribution in [0.4, 0.5) is 5.82 Å². The molecule has 2 aromatic carbocycles. The van der Waals surface area contributed by atoms with Crippen molar-refractivity contribution in [2.45, 2.75) is 52.6 Å². The summed E-state index contributed by atoms with van der Waals surface area (Å²) in [6.45, 7) is 7.49. The lowest BCUT2D eigenvalue weighted by atomic mass is 9.98. The zero-order valence-electron chi connectivity index (χ0n) is 22.9. The highest BCUT2D eigenvalue weighted by Gasteiger charge is 2.29. The summed E-state index contributed by atoms with van der Waals surface area (Å²) in [6.07, 6.45) is 4.39. The van der Waals surface area contributed by atoms with Crippen molar-refractivity contribution in [1.29, 1.82) is 0 Å². The number of anilines is 1. The number of aromatic amines is 1. The van der Waals surface area contributed by atoms with E-state index in [0.717, 1.165) is 60.0 Å². The van der Waals surface area contributed by atoms with Crippen molar-refractivity contribution in [2.75, 3.05) is 31.8 Å². The minimum absolute atomic E-state index is 0.222. The molecule has 0 amide bonds. The highest BCUT2D eigenvalue weighted by Crippen LogP contribution is 2.32. The Morgan fingerprint density at radius 3 is 2.54 bits per heavy atom. The first-order valence-corrected chi connectivity index (χ1v) is 13.7. The number of unbranched alkanes of at least 4 members (excludes halogenated alkanes) is 2. The van der Waals surface area contributed by atoms with Gasteiger partial charge in [0.1, 0.15) is 5.82 Å². The molecule has 1 N–H and O–H groups in total. The van der Waals surface area contributed by atoms with Gasteiger partial charge in [-0.25, -0.2) is 4.98 Å². The van der Waals surface area contributed by atoms with Crippen LogP contribution in [0, 0.1) is 0 Å². The smallest absolute Gasteiger partial charge is 0.319 e. The minimum Gasteiger partial charge on any atom is -0.468 e. The van der Waals surface area contributed by atoms with Crippen molar-refractivity contribution in [3.05, 3.63) is 65.6 Å². The topological polar surface area (TPSA) is 105 Å². The third-order valence-electron chi connectivity index (χ3n) is 7.26. The highest BCUT2D eigenvalue weighted by atomic mass is 16.5. The van der Waals surface area contributed by atoms with E-state index >= 15 is 0 Å². The maximum absolute atomic E-state index is 12.1. The molecule has 39 heavy (non-hydrogen) atoms. The van der Waals surface area contributed by atoms with Crippen LogP contribution in [0.3, 0.4) is 0 Å². The SMILES string of the molecule is CCCCCc1nc2c(n1Cc1ccc(-c3ccccc3-c3nn[nH]n3)cc1)CN(CC(=O)OC)CN2CC. The van der Waals surface area contributed by atoms with E-state index in [9.17, 15) is 4.79 Å². The second kappa shape index (κ2) is 12.2. The van der Waals surface area contributed by atoms with Gasteiger partial charge >= 0.3 is 5.97 Å². The van der Waals surface area contributed by atoms with Crippen molar-refractivity contribution in [1.82, 2.24) is 35.1 Å². The third kappa shape index (κ3) is 5.85. The first kappa shape index (κ1) is 26.6. The molecule has 0 saturated carbocycles. The number of tetrazole rings is 1. The van der Waals surface area contributed by atoms with Crippen molar-refractivity contribution in [3.8, 4) is 22.5 Å². The van der Waals surface area contributed by atoms with Gasteiger partial charge in [-0.15, -0.1) is 10.2 Å². The summed E-state index contributed by atoms with van der Waals surface area (Å²) in [5.41, 5.74) is 5.44. The van der Waals surface area contributed by atoms with Crippen LogP contribution in [0.1, 0.15) is 50.2 Å². The van der Waals surface area contributed by atoms with Gasteiger partial charge in [0, 0.05) is 31.6 Å². The van der Waals surface area contributed by atoms with E-state index in [1.54, 1.807) is 0 Å². The number of ether oxygens (including phenoxy) is 1. The van der Waals surface area contributed by atoms with Gasteiger partial charge in [0.15, 0.2) is 5.82 Å². The number of rotatable bonds is 11. The number of benzene rings is 2. The molecule has 4 aromatic rings. The van der Waals surface area contributed by atoms with Crippen molar-refractivity contribution in [3.63, 3.8) is 0 Å². The Labute approximate surface area is 229 Å². The number of fused-ring (bicyclic) bond motifs is 1. The molecular weight excluding hydrogens is 492 g/mol. The molecule has 204 valence electrons. The van der Waals surface area contributed by atoms with Crippen molar-refractivity contribution in [2.24, 2.45) is 0 Å². The number of aryl methyl sites for hydroxylation is 1. The lowest BCUT2D eigenvalue weighted by Crippen LogP contribution is -2.45. The molecule has 10 heteroatoms. The van der Waals surface area contributed by atoms with Gasteiger partial charge in [0.2, 0.25) is 5.82 Å². The van der Waals surface area contributed by atoms with Gasteiger partial charge < -0.3 is 14.2 Å². The molecule has 3 heterocycles. The molecule has 5 rings (SSSR count). The molecule has 0 bridgehead atoms. The van der Waals surface area contributed by atoms with Gasteiger partial charge in [-0.3, -0.25) is 9.69 Å². The maximum atomic E-state index is 12.1. The van der Waals surface area contributed by atoms with Crippen LogP contribution >= 0.6 is 0 Å². The summed E-state index contributed by atoms with van der Waals surface area (Å²) in [7, 11) is 1.44. The molecule has 1 aliphatic heterocycles. The Bertz CT molecular complexity index is 1380. The lowest BCUT2D eigenvalue weighted by molar-refractivity contribution is -0.142. The van der Waals surface area contributed by atoms with Crippen LogP contribution in [0.25, 0.3) is 22.5 Å². The number of aromatic nitrogens is 6. The van der Waals surface area contributed by atoms with E-state index in [1.165, 1.54) is 25.5 Å². The number of carbonyl (C=O) groups excluding carboxylic acids is 1. The quantitative estimate of drug-likeness (QED) is 0.227. The molecular formula is C29H36N8O2. The molecule has 1 aliphatic rings. The fourth-order valence-electron chi connectivity index (χ4n) is 5.19. The fraction of sp³-hybridized carbons (Fsp3) is 0.414. The Hall–Kier alpha value is -4.05. The number of carbonyl (C=O) groups is 1. The van der Waals surface area contributed by atoms with E-state index in [4.69, 9.17) is 9.72 Å². The Kier molecular flexibility index (Phi) is 8.31. The predicted molar refractivity (Wildman–Crippen MR) is 150 cm³/mol. The van der Waals surface area contributed by atoms with E-state index in [-0.39, 0.29) is 12.5 Å². The van der Waals surface area contributed by atoms with E-state index in [2.05, 4.69) is 79.2 Å². The number of imidazole rings is 1. The summed E-state index contributed by atoms with van der Waals surface area (Å²) >= 11 is 0. The van der Waals surface area contributed by atoms with Crippen LogP contribution < -0.4 is 4.90 Å². The van der Waals surface area contributed by atoms with Crippen LogP contribution in [0.2, 0.25) is 0 Å². The molecule has 0 unspecified atom stereocenters. The average molecular weight is 529 g/mol. The van der Waals surface area contributed by atoms with Crippen LogP contribution in [0.15, 0.2) is 48.5 Å². The molecule has 0 radical (unpaired) electrons. The molecule has 0 atom stereocenters. The summed E-state index contributed by atoms with van der Waals surface area (Å²) in [5.74, 6) is 2.50. The summed E-state index contributed by atoms with van der Waals surface area (Å²) in [6, 6.07) is 16.7. The second-order valence-electron chi connectivity index (χ2n) is 9.88. The number of esters is 1. The third-order valence-corrected chi connectivity index (χ3v) is 7.26. The average Bonchev–Trinajstić information content (AvgIpc) is 3.62. The molecule has 0 aliphatic carbocycles. The molecule has 2 aromatic heterocycles. The zero-order valence-corrected chi connectivity index (χ0v) is 22.9. The normalized spacial score (nSPS) is 13.5. The van der Waals surface area contributed by atoms with Crippen molar-refractivity contribution >= 4 is 11.8 Å². The summed E-state index contributed by atoms with van der Waals surface area (Å²) < 4.78 is 7.31. The standard InChI is InChI=1S/C29H36N8O2/c1-4-6-7-12-26-30-29-25(18-35(19-27(38)39-3)20-36(29)5-2)37(26)17-21-13-15-22(16-14-21)23-10-8-9-11-24(23)28-31-33-34-32-28/h8-11,13-16H,4-7,12,17-20H2,1-3H3,(H,31,32,33,34). The number of methoxy groups -OCH3 is 1. The van der Waals surface area contributed by atoms with Gasteiger partial charge in [-0.1, -0.05) is 68.3 Å². The fourth-order valence-corrected chi connectivity index (χ4v) is 5.19. The Morgan fingerprint density at radius 2 is 1.85 bits per heavy atom. The van der Waals surface area contributed by atoms with Crippen LogP contribution in [0.5, 0.6) is 0 Å². The monoisotopic (exact) mass is 528 g/mol. The van der Waals surface area contributed by atoms with Crippen molar-refractivity contribution < 1.29 is 9.53 Å². The Morgan fingerprint density at radius 1 is 1.05 bits per heavy atom. The number of nitrogens with zero attached hydrogens (tertiary/aromatic N) is 7. The van der Waals surface area contributed by atoms with E-state index in [0.29, 0.717) is 19.0 Å². The largest absolute Gasteiger partial charge is 0.468 e. The molecule has 10 nitrogen and oxygen atoms in total. The van der Waals surface area contributed by atoms with Crippen LogP contribution in [-0.2, 0) is 29.0 Å². The Balaban J connectivity index is 1.45. The summed E-state index contributed by atoms with van der Waals surface area (Å²) in [4.78, 5) is 21.6. The minimum atomic E-state index is -0.222. The first-order valence-electron chi connectivity index (χ1n) is 13.7. The highest BCUT2D eigenvalue weighted by molar-refractivity contribution is 5.80. The van der Waals surface area contributed by atoms with Gasteiger partial charge in [-0.2, -0.15) is 5.21 Å². The zero-order chi connectivity index (χ0) is 27.2. The van der Waals surface area contributed by atoms with E-state index < -0.39 is 0 Å². The predicted octanol–water partition coefficient (Wildman–Crippen LogP) is 4.28. The second-order valence-corrected chi connectivity index (χ2v) is 9.88. The van der Waals surface area contributed by atoms with E-state index in [1.807, 2.05) is 18.2 Å². The number of H-pyrrole nitrogens is 1. The van der Waals surface area contributed by atoms with Crippen LogP contribution in [-0.4, -0.2) is 67.9 Å². The van der Waals surface area contributed by atoms with Gasteiger partial charge in [0.05, 0.1) is 26.0 Å². The molecule has 0 fully saturated rings. The lowest BCUT2D eigenvalue weighted by Gasteiger charge is -2.35. The first-order chi connectivity index (χ1) is 19.1. The molecule has 0 saturated heterocycles. The number of hydrogen-bond donors (Lipinski definition) is 1. The number of hydrogen-bond acceptors (Lipinski definition) is 8. The summed E-state index contributed by atoms with van der Waals surface area (Å²) in [5, 5.41) is 14.6. The van der Waals surface area contributed by atoms with Gasteiger partial charge in [0.25, 0.3) is 0 Å². The maximum Gasteiger partial charge on any atom is 0.319 e. The van der Waals surface area contributed by atoms with Gasteiger partial charge in [-0.05, 0) is 35.2 Å². The number of nitrogens with one attached hydrogen (secondary N) is 1. The molecule has 0 spiro atoms.